The first kappa shape index (κ1) is 39.3. The van der Waals surface area contributed by atoms with Gasteiger partial charge < -0.3 is 20.4 Å². The number of unbranched alkanes of at least 4 members (excludes halogenated alkanes) is 7. The molecule has 2 aromatic carbocycles. The zero-order valence-electron chi connectivity index (χ0n) is 32.2. The summed E-state index contributed by atoms with van der Waals surface area (Å²) in [7, 11) is 0. The highest BCUT2D eigenvalue weighted by Crippen LogP contribution is 2.37. The van der Waals surface area contributed by atoms with Crippen LogP contribution in [0.15, 0.2) is 60.9 Å². The Morgan fingerprint density at radius 2 is 1.61 bits per heavy atom. The minimum atomic E-state index is -0.466. The summed E-state index contributed by atoms with van der Waals surface area (Å²) in [5.41, 5.74) is 3.44. The minimum Gasteiger partial charge on any atom is -0.374 e. The van der Waals surface area contributed by atoms with E-state index in [-0.39, 0.29) is 29.8 Å². The van der Waals surface area contributed by atoms with E-state index in [0.717, 1.165) is 50.5 Å². The van der Waals surface area contributed by atoms with E-state index in [4.69, 9.17) is 4.98 Å². The van der Waals surface area contributed by atoms with Crippen LogP contribution in [0.25, 0.3) is 5.65 Å². The number of amides is 3. The summed E-state index contributed by atoms with van der Waals surface area (Å²) in [6, 6.07) is 13.1. The molecule has 0 aliphatic carbocycles. The molecule has 4 aromatic rings. The molecule has 2 aromatic heterocycles. The fourth-order valence-electron chi connectivity index (χ4n) is 8.51. The fraction of sp³-hybridized carbons (Fsp3) is 0.512. The Hall–Kier alpha value is -4.91. The summed E-state index contributed by atoms with van der Waals surface area (Å²) >= 11 is 0. The maximum Gasteiger partial charge on any atom is 0.256 e. The van der Waals surface area contributed by atoms with E-state index in [0.29, 0.717) is 60.9 Å². The molecule has 3 saturated heterocycles. The molecule has 3 aliphatic rings. The van der Waals surface area contributed by atoms with Crippen LogP contribution in [0.3, 0.4) is 0 Å². The van der Waals surface area contributed by atoms with Crippen LogP contribution in [0.1, 0.15) is 123 Å². The molecule has 3 aliphatic heterocycles. The van der Waals surface area contributed by atoms with Gasteiger partial charge in [0.05, 0.1) is 12.2 Å². The highest BCUT2D eigenvalue weighted by Gasteiger charge is 2.31. The zero-order chi connectivity index (χ0) is 38.9. The molecule has 0 radical (unpaired) electrons. The quantitative estimate of drug-likeness (QED) is 0.0756. The standard InChI is InChI=1S/C43H54F2N8O3/c44-32-13-16-36(45)34(28-32)38-10-9-24-52(38)39-21-27-53-41(49-39)35(29-47-53)42(55)46-22-7-5-3-1-2-4-6-8-23-51-25-19-31(20-26-51)30-11-14-33(15-12-30)48-37-17-18-40(54)50-43(37)56/h11-16,21,27-29,31,37-38,48H,1-10,17-20,22-26H2,(H,46,55)(H,50,54,56)/t37?,38-/m1/s1. The van der Waals surface area contributed by atoms with Crippen molar-refractivity contribution in [1.29, 1.82) is 0 Å². The Morgan fingerprint density at radius 3 is 2.38 bits per heavy atom. The van der Waals surface area contributed by atoms with Gasteiger partial charge in [0.25, 0.3) is 5.91 Å². The fourth-order valence-corrected chi connectivity index (χ4v) is 8.51. The van der Waals surface area contributed by atoms with Crippen molar-refractivity contribution in [3.05, 3.63) is 89.2 Å². The van der Waals surface area contributed by atoms with Crippen LogP contribution in [0.2, 0.25) is 0 Å². The Balaban J connectivity index is 0.735. The summed E-state index contributed by atoms with van der Waals surface area (Å²) in [6.45, 7) is 4.68. The Morgan fingerprint density at radius 1 is 0.857 bits per heavy atom. The molecule has 2 atom stereocenters. The Bertz CT molecular complexity index is 1960. The van der Waals surface area contributed by atoms with Crippen molar-refractivity contribution in [3.63, 3.8) is 0 Å². The summed E-state index contributed by atoms with van der Waals surface area (Å²) in [6.07, 6.45) is 17.4. The molecule has 7 rings (SSSR count). The van der Waals surface area contributed by atoms with Crippen molar-refractivity contribution in [2.45, 2.75) is 108 Å². The summed E-state index contributed by atoms with van der Waals surface area (Å²) in [5, 5.41) is 13.0. The van der Waals surface area contributed by atoms with Crippen molar-refractivity contribution in [3.8, 4) is 0 Å². The van der Waals surface area contributed by atoms with Gasteiger partial charge in [-0.3, -0.25) is 19.7 Å². The number of piperidine rings is 2. The predicted octanol–water partition coefficient (Wildman–Crippen LogP) is 7.30. The first-order valence-corrected chi connectivity index (χ1v) is 20.6. The molecule has 3 amide bonds. The van der Waals surface area contributed by atoms with Gasteiger partial charge in [-0.15, -0.1) is 0 Å². The number of hydrogen-bond donors (Lipinski definition) is 3. The molecular formula is C43H54F2N8O3. The number of carbonyl (C=O) groups excluding carboxylic acids is 3. The van der Waals surface area contributed by atoms with Gasteiger partial charge in [0, 0.05) is 37.0 Å². The highest BCUT2D eigenvalue weighted by atomic mass is 19.1. The number of carbonyl (C=O) groups is 3. The Labute approximate surface area is 327 Å². The van der Waals surface area contributed by atoms with Crippen molar-refractivity contribution in [1.82, 2.24) is 30.1 Å². The van der Waals surface area contributed by atoms with E-state index < -0.39 is 11.6 Å². The second kappa shape index (κ2) is 18.8. The number of fused-ring (bicyclic) bond motifs is 1. The topological polar surface area (TPSA) is 124 Å². The number of likely N-dealkylation sites (tertiary alicyclic amines) is 1. The average molecular weight is 769 g/mol. The number of hydrogen-bond acceptors (Lipinski definition) is 8. The van der Waals surface area contributed by atoms with Crippen LogP contribution in [-0.2, 0) is 9.59 Å². The van der Waals surface area contributed by atoms with Gasteiger partial charge in [0.1, 0.15) is 29.1 Å². The lowest BCUT2D eigenvalue weighted by molar-refractivity contribution is -0.133. The van der Waals surface area contributed by atoms with Crippen LogP contribution in [0.5, 0.6) is 0 Å². The van der Waals surface area contributed by atoms with Gasteiger partial charge in [-0.05, 0) is 112 Å². The van der Waals surface area contributed by atoms with Crippen LogP contribution in [0.4, 0.5) is 20.3 Å². The third-order valence-corrected chi connectivity index (χ3v) is 11.7. The van der Waals surface area contributed by atoms with Crippen LogP contribution in [-0.4, -0.2) is 76.0 Å². The molecule has 11 nitrogen and oxygen atoms in total. The number of halogens is 2. The molecule has 3 fully saturated rings. The number of rotatable bonds is 17. The number of aromatic nitrogens is 3. The highest BCUT2D eigenvalue weighted by molar-refractivity contribution is 6.01. The number of benzene rings is 2. The number of imide groups is 1. The third-order valence-electron chi connectivity index (χ3n) is 11.7. The molecule has 1 unspecified atom stereocenters. The van der Waals surface area contributed by atoms with Gasteiger partial charge >= 0.3 is 0 Å². The SMILES string of the molecule is O=C1CCC(Nc2ccc(C3CCN(CCCCCCCCCCNC(=O)c4cnn5ccc(N6CCC[C@@H]6c6cc(F)ccc6F)nc45)CC3)cc2)C(=O)N1. The van der Waals surface area contributed by atoms with Crippen molar-refractivity contribution >= 4 is 34.9 Å². The smallest absolute Gasteiger partial charge is 0.256 e. The summed E-state index contributed by atoms with van der Waals surface area (Å²) in [5.74, 6) is -0.372. The van der Waals surface area contributed by atoms with Crippen molar-refractivity contribution in [2.75, 3.05) is 42.9 Å². The molecular weight excluding hydrogens is 715 g/mol. The lowest BCUT2D eigenvalue weighted by atomic mass is 9.89. The van der Waals surface area contributed by atoms with Crippen LogP contribution < -0.4 is 20.9 Å². The van der Waals surface area contributed by atoms with Crippen LogP contribution >= 0.6 is 0 Å². The monoisotopic (exact) mass is 768 g/mol. The summed E-state index contributed by atoms with van der Waals surface area (Å²) < 4.78 is 30.2. The van der Waals surface area contributed by atoms with E-state index >= 15 is 0 Å². The molecule has 3 N–H and O–H groups in total. The summed E-state index contributed by atoms with van der Waals surface area (Å²) in [4.78, 5) is 45.9. The van der Waals surface area contributed by atoms with E-state index in [2.05, 4.69) is 50.2 Å². The second-order valence-corrected chi connectivity index (χ2v) is 15.6. The van der Waals surface area contributed by atoms with Crippen LogP contribution in [0, 0.1) is 11.6 Å². The molecule has 56 heavy (non-hydrogen) atoms. The molecule has 0 saturated carbocycles. The molecule has 0 spiro atoms. The predicted molar refractivity (Wildman–Crippen MR) is 213 cm³/mol. The molecule has 298 valence electrons. The maximum absolute atomic E-state index is 14.6. The minimum absolute atomic E-state index is 0.198. The lowest BCUT2D eigenvalue weighted by Gasteiger charge is -2.32. The van der Waals surface area contributed by atoms with E-state index in [1.54, 1.807) is 16.8 Å². The van der Waals surface area contributed by atoms with Gasteiger partial charge in [0.2, 0.25) is 11.8 Å². The first-order valence-electron chi connectivity index (χ1n) is 20.6. The zero-order valence-corrected chi connectivity index (χ0v) is 32.2. The molecule has 5 heterocycles. The van der Waals surface area contributed by atoms with Gasteiger partial charge in [-0.25, -0.2) is 18.3 Å². The second-order valence-electron chi connectivity index (χ2n) is 15.6. The molecule has 13 heteroatoms. The number of nitrogens with zero attached hydrogens (tertiary/aromatic N) is 5. The number of anilines is 2. The first-order chi connectivity index (χ1) is 27.3. The normalized spacial score (nSPS) is 19.4. The van der Waals surface area contributed by atoms with Gasteiger partial charge in [-0.2, -0.15) is 5.10 Å². The van der Waals surface area contributed by atoms with E-state index in [1.807, 2.05) is 4.90 Å². The van der Waals surface area contributed by atoms with Gasteiger partial charge in [-0.1, -0.05) is 50.7 Å². The van der Waals surface area contributed by atoms with Gasteiger partial charge in [0.15, 0.2) is 5.65 Å². The largest absolute Gasteiger partial charge is 0.374 e. The van der Waals surface area contributed by atoms with E-state index in [9.17, 15) is 23.2 Å². The van der Waals surface area contributed by atoms with Crippen molar-refractivity contribution < 1.29 is 23.2 Å². The Kier molecular flexibility index (Phi) is 13.2. The molecule has 0 bridgehead atoms. The average Bonchev–Trinajstić information content (AvgIpc) is 3.87. The third kappa shape index (κ3) is 9.90. The number of nitrogens with one attached hydrogen (secondary N) is 3. The van der Waals surface area contributed by atoms with Crippen molar-refractivity contribution in [2.24, 2.45) is 0 Å². The lowest BCUT2D eigenvalue weighted by Crippen LogP contribution is -2.47. The van der Waals surface area contributed by atoms with E-state index in [1.165, 1.54) is 75.4 Å². The maximum atomic E-state index is 14.6.